The second-order valence-electron chi connectivity index (χ2n) is 5.82. The second-order valence-corrected chi connectivity index (χ2v) is 5.82. The Labute approximate surface area is 128 Å². The largest absolute Gasteiger partial charge is 0.310 e. The first-order valence-electron chi connectivity index (χ1n) is 7.58. The molecule has 0 unspecified atom stereocenters. The summed E-state index contributed by atoms with van der Waals surface area (Å²) in [6, 6.07) is 14.0. The van der Waals surface area contributed by atoms with Gasteiger partial charge in [0.05, 0.1) is 0 Å². The number of carbonyl (C=O) groups is 1. The average Bonchev–Trinajstić information content (AvgIpc) is 3.32. The third kappa shape index (κ3) is 2.17. The zero-order valence-electron chi connectivity index (χ0n) is 12.4. The number of pyridine rings is 1. The van der Waals surface area contributed by atoms with Crippen molar-refractivity contribution in [2.75, 3.05) is 5.32 Å². The molecule has 0 saturated heterocycles. The fourth-order valence-electron chi connectivity index (χ4n) is 2.68. The molecular weight excluding hydrogens is 274 g/mol. The molecular formula is C18H17N3O. The fraction of sp³-hybridized carbons (Fsp3) is 0.222. The highest BCUT2D eigenvalue weighted by Crippen LogP contribution is 2.33. The minimum atomic E-state index is 0.0977. The highest BCUT2D eigenvalue weighted by atomic mass is 16.2. The van der Waals surface area contributed by atoms with Gasteiger partial charge in [0.2, 0.25) is 5.91 Å². The highest BCUT2D eigenvalue weighted by molar-refractivity contribution is 5.97. The Balaban J connectivity index is 1.90. The SMILES string of the molecule is Cc1cccn2c(NC(=O)C3CC3)c(-c3ccccc3)nc12. The molecule has 0 aliphatic heterocycles. The zero-order valence-corrected chi connectivity index (χ0v) is 12.4. The van der Waals surface area contributed by atoms with Crippen LogP contribution in [0.25, 0.3) is 16.9 Å². The fourth-order valence-corrected chi connectivity index (χ4v) is 2.68. The van der Waals surface area contributed by atoms with E-state index in [9.17, 15) is 4.79 Å². The van der Waals surface area contributed by atoms with Crippen molar-refractivity contribution in [3.05, 3.63) is 54.2 Å². The lowest BCUT2D eigenvalue weighted by Crippen LogP contribution is -2.15. The van der Waals surface area contributed by atoms with Gasteiger partial charge >= 0.3 is 0 Å². The molecule has 1 saturated carbocycles. The number of fused-ring (bicyclic) bond motifs is 1. The maximum atomic E-state index is 12.2. The molecule has 2 heterocycles. The van der Waals surface area contributed by atoms with Gasteiger partial charge in [0, 0.05) is 17.7 Å². The number of imidazole rings is 1. The molecule has 0 bridgehead atoms. The van der Waals surface area contributed by atoms with Crippen LogP contribution in [0.5, 0.6) is 0 Å². The molecule has 3 aromatic rings. The Hall–Kier alpha value is -2.62. The van der Waals surface area contributed by atoms with Crippen LogP contribution in [0.4, 0.5) is 5.82 Å². The lowest BCUT2D eigenvalue weighted by atomic mass is 10.1. The third-order valence-corrected chi connectivity index (χ3v) is 4.08. The number of benzene rings is 1. The van der Waals surface area contributed by atoms with Gasteiger partial charge in [-0.1, -0.05) is 36.4 Å². The highest BCUT2D eigenvalue weighted by Gasteiger charge is 2.31. The van der Waals surface area contributed by atoms with Crippen molar-refractivity contribution in [3.63, 3.8) is 0 Å². The molecule has 4 rings (SSSR count). The molecule has 4 nitrogen and oxygen atoms in total. The van der Waals surface area contributed by atoms with Crippen LogP contribution in [0, 0.1) is 12.8 Å². The average molecular weight is 291 g/mol. The maximum Gasteiger partial charge on any atom is 0.228 e. The predicted octanol–water partition coefficient (Wildman–Crippen LogP) is 3.66. The quantitative estimate of drug-likeness (QED) is 0.800. The Morgan fingerprint density at radius 2 is 1.95 bits per heavy atom. The van der Waals surface area contributed by atoms with Crippen LogP contribution in [0.1, 0.15) is 18.4 Å². The van der Waals surface area contributed by atoms with Crippen LogP contribution in [0.2, 0.25) is 0 Å². The summed E-state index contributed by atoms with van der Waals surface area (Å²) >= 11 is 0. The van der Waals surface area contributed by atoms with Gasteiger partial charge in [0.1, 0.15) is 17.2 Å². The molecule has 0 radical (unpaired) electrons. The van der Waals surface area contributed by atoms with Gasteiger partial charge in [-0.15, -0.1) is 0 Å². The number of aryl methyl sites for hydroxylation is 1. The maximum absolute atomic E-state index is 12.2. The molecule has 22 heavy (non-hydrogen) atoms. The van der Waals surface area contributed by atoms with Crippen molar-refractivity contribution in [1.82, 2.24) is 9.38 Å². The number of nitrogens with one attached hydrogen (secondary N) is 1. The van der Waals surface area contributed by atoms with Gasteiger partial charge in [-0.25, -0.2) is 4.98 Å². The number of amides is 1. The van der Waals surface area contributed by atoms with E-state index in [4.69, 9.17) is 4.98 Å². The Bertz CT molecular complexity index is 847. The summed E-state index contributed by atoms with van der Waals surface area (Å²) in [4.78, 5) is 17.0. The van der Waals surface area contributed by atoms with Crippen molar-refractivity contribution >= 4 is 17.4 Å². The van der Waals surface area contributed by atoms with Gasteiger partial charge in [-0.2, -0.15) is 0 Å². The normalized spacial score (nSPS) is 14.2. The summed E-state index contributed by atoms with van der Waals surface area (Å²) in [6.45, 7) is 2.03. The second kappa shape index (κ2) is 4.98. The van der Waals surface area contributed by atoms with Gasteiger partial charge in [-0.05, 0) is 31.4 Å². The van der Waals surface area contributed by atoms with E-state index < -0.39 is 0 Å². The van der Waals surface area contributed by atoms with E-state index in [1.807, 2.05) is 60.0 Å². The van der Waals surface area contributed by atoms with Crippen molar-refractivity contribution in [2.45, 2.75) is 19.8 Å². The predicted molar refractivity (Wildman–Crippen MR) is 86.7 cm³/mol. The minimum Gasteiger partial charge on any atom is -0.310 e. The first kappa shape index (κ1) is 13.1. The van der Waals surface area contributed by atoms with Crippen LogP contribution >= 0.6 is 0 Å². The van der Waals surface area contributed by atoms with Gasteiger partial charge in [-0.3, -0.25) is 9.20 Å². The Morgan fingerprint density at radius 1 is 1.18 bits per heavy atom. The number of hydrogen-bond acceptors (Lipinski definition) is 2. The number of anilines is 1. The van der Waals surface area contributed by atoms with E-state index in [1.54, 1.807) is 0 Å². The molecule has 4 heteroatoms. The molecule has 110 valence electrons. The standard InChI is InChI=1S/C18H17N3O/c1-12-6-5-11-21-16(12)19-15(13-7-3-2-4-8-13)17(21)20-18(22)14-9-10-14/h2-8,11,14H,9-10H2,1H3,(H,20,22). The Kier molecular flexibility index (Phi) is 2.96. The smallest absolute Gasteiger partial charge is 0.228 e. The summed E-state index contributed by atoms with van der Waals surface area (Å²) in [7, 11) is 0. The minimum absolute atomic E-state index is 0.0977. The lowest BCUT2D eigenvalue weighted by Gasteiger charge is -2.07. The first-order valence-corrected chi connectivity index (χ1v) is 7.58. The zero-order chi connectivity index (χ0) is 15.1. The van der Waals surface area contributed by atoms with E-state index >= 15 is 0 Å². The van der Waals surface area contributed by atoms with Gasteiger partial charge in [0.15, 0.2) is 0 Å². The molecule has 1 N–H and O–H groups in total. The van der Waals surface area contributed by atoms with Crippen LogP contribution in [-0.2, 0) is 4.79 Å². The molecule has 0 spiro atoms. The summed E-state index contributed by atoms with van der Waals surface area (Å²) in [6.07, 6.45) is 3.93. The van der Waals surface area contributed by atoms with E-state index in [0.29, 0.717) is 0 Å². The molecule has 2 aromatic heterocycles. The van der Waals surface area contributed by atoms with E-state index in [-0.39, 0.29) is 11.8 Å². The van der Waals surface area contributed by atoms with E-state index in [0.717, 1.165) is 41.1 Å². The van der Waals surface area contributed by atoms with Crippen molar-refractivity contribution in [3.8, 4) is 11.3 Å². The molecule has 1 aromatic carbocycles. The number of nitrogens with zero attached hydrogens (tertiary/aromatic N) is 2. The number of carbonyl (C=O) groups excluding carboxylic acids is 1. The van der Waals surface area contributed by atoms with Crippen LogP contribution in [0.15, 0.2) is 48.7 Å². The van der Waals surface area contributed by atoms with Crippen LogP contribution < -0.4 is 5.32 Å². The summed E-state index contributed by atoms with van der Waals surface area (Å²) < 4.78 is 1.97. The third-order valence-electron chi connectivity index (χ3n) is 4.08. The van der Waals surface area contributed by atoms with Crippen LogP contribution in [-0.4, -0.2) is 15.3 Å². The van der Waals surface area contributed by atoms with Gasteiger partial charge < -0.3 is 5.32 Å². The summed E-state index contributed by atoms with van der Waals surface area (Å²) in [5.74, 6) is 1.03. The topological polar surface area (TPSA) is 46.4 Å². The number of rotatable bonds is 3. The monoisotopic (exact) mass is 291 g/mol. The van der Waals surface area contributed by atoms with Crippen molar-refractivity contribution in [1.29, 1.82) is 0 Å². The Morgan fingerprint density at radius 3 is 2.68 bits per heavy atom. The lowest BCUT2D eigenvalue weighted by molar-refractivity contribution is -0.117. The number of hydrogen-bond donors (Lipinski definition) is 1. The van der Waals surface area contributed by atoms with E-state index in [1.165, 1.54) is 0 Å². The summed E-state index contributed by atoms with van der Waals surface area (Å²) in [5, 5.41) is 3.08. The molecule has 1 fully saturated rings. The van der Waals surface area contributed by atoms with Crippen LogP contribution in [0.3, 0.4) is 0 Å². The van der Waals surface area contributed by atoms with Crippen molar-refractivity contribution in [2.24, 2.45) is 5.92 Å². The van der Waals surface area contributed by atoms with Crippen molar-refractivity contribution < 1.29 is 4.79 Å². The first-order chi connectivity index (χ1) is 10.7. The molecule has 0 atom stereocenters. The summed E-state index contributed by atoms with van der Waals surface area (Å²) in [5.41, 5.74) is 3.81. The molecule has 1 aliphatic rings. The molecule has 1 aliphatic carbocycles. The van der Waals surface area contributed by atoms with Gasteiger partial charge in [0.25, 0.3) is 0 Å². The van der Waals surface area contributed by atoms with E-state index in [2.05, 4.69) is 5.32 Å². The molecule has 1 amide bonds. The number of aromatic nitrogens is 2.